The van der Waals surface area contributed by atoms with Crippen molar-refractivity contribution < 1.29 is 4.79 Å². The van der Waals surface area contributed by atoms with Crippen LogP contribution in [0.25, 0.3) is 11.3 Å². The van der Waals surface area contributed by atoms with Gasteiger partial charge in [0.1, 0.15) is 0 Å². The molecule has 0 aliphatic rings. The van der Waals surface area contributed by atoms with Gasteiger partial charge in [0.2, 0.25) is 0 Å². The van der Waals surface area contributed by atoms with Gasteiger partial charge in [0.05, 0.1) is 11.2 Å². The molecule has 2 N–H and O–H groups in total. The Bertz CT molecular complexity index is 491. The van der Waals surface area contributed by atoms with Crippen molar-refractivity contribution in [3.63, 3.8) is 0 Å². The van der Waals surface area contributed by atoms with Crippen molar-refractivity contribution in [1.82, 2.24) is 4.98 Å². The van der Waals surface area contributed by atoms with E-state index in [1.54, 1.807) is 23.7 Å². The van der Waals surface area contributed by atoms with Gasteiger partial charge < -0.3 is 5.73 Å². The summed E-state index contributed by atoms with van der Waals surface area (Å²) in [6.07, 6.45) is 0. The van der Waals surface area contributed by atoms with E-state index in [0.717, 1.165) is 11.3 Å². The van der Waals surface area contributed by atoms with Gasteiger partial charge in [0.25, 0.3) is 0 Å². The minimum atomic E-state index is 0.0338. The number of rotatable bonds is 2. The Morgan fingerprint density at radius 2 is 2.27 bits per heavy atom. The maximum atomic E-state index is 11.2. The van der Waals surface area contributed by atoms with Gasteiger partial charge in [-0.1, -0.05) is 0 Å². The van der Waals surface area contributed by atoms with Gasteiger partial charge in [-0.3, -0.25) is 4.79 Å². The first kappa shape index (κ1) is 9.86. The van der Waals surface area contributed by atoms with Gasteiger partial charge in [-0.2, -0.15) is 0 Å². The molecule has 1 heterocycles. The fourth-order valence-electron chi connectivity index (χ4n) is 1.34. The van der Waals surface area contributed by atoms with Crippen molar-refractivity contribution in [2.75, 3.05) is 5.73 Å². The predicted molar refractivity (Wildman–Crippen MR) is 62.0 cm³/mol. The second-order valence-electron chi connectivity index (χ2n) is 3.23. The van der Waals surface area contributed by atoms with Crippen molar-refractivity contribution in [3.8, 4) is 11.3 Å². The summed E-state index contributed by atoms with van der Waals surface area (Å²) in [6, 6.07) is 5.26. The maximum absolute atomic E-state index is 11.2. The van der Waals surface area contributed by atoms with E-state index in [1.165, 1.54) is 18.3 Å². The predicted octanol–water partition coefficient (Wildman–Crippen LogP) is 2.59. The lowest BCUT2D eigenvalue weighted by molar-refractivity contribution is 0.101. The number of thiazole rings is 1. The molecule has 0 unspecified atom stereocenters. The topological polar surface area (TPSA) is 56.0 Å². The number of carbonyl (C=O) groups is 1. The smallest absolute Gasteiger partial charge is 0.159 e. The van der Waals surface area contributed by atoms with E-state index in [2.05, 4.69) is 4.98 Å². The summed E-state index contributed by atoms with van der Waals surface area (Å²) >= 11 is 1.51. The minimum absolute atomic E-state index is 0.0338. The number of nitrogen functional groups attached to an aromatic ring is 1. The van der Waals surface area contributed by atoms with E-state index in [-0.39, 0.29) is 5.78 Å². The molecule has 2 aromatic rings. The first-order valence-corrected chi connectivity index (χ1v) is 5.42. The zero-order chi connectivity index (χ0) is 10.8. The van der Waals surface area contributed by atoms with Gasteiger partial charge in [0, 0.05) is 22.2 Å². The third-order valence-corrected chi connectivity index (χ3v) is 2.75. The van der Waals surface area contributed by atoms with Crippen LogP contribution in [0.5, 0.6) is 0 Å². The molecule has 0 saturated carbocycles. The number of anilines is 1. The Kier molecular flexibility index (Phi) is 2.51. The molecule has 2 rings (SSSR count). The first-order valence-electron chi connectivity index (χ1n) is 4.47. The lowest BCUT2D eigenvalue weighted by atomic mass is 10.0. The van der Waals surface area contributed by atoms with Gasteiger partial charge in [-0.25, -0.2) is 4.98 Å². The summed E-state index contributed by atoms with van der Waals surface area (Å²) < 4.78 is 0. The summed E-state index contributed by atoms with van der Waals surface area (Å²) in [5.41, 5.74) is 10.5. The van der Waals surface area contributed by atoms with Crippen LogP contribution >= 0.6 is 11.3 Å². The molecule has 0 saturated heterocycles. The highest BCUT2D eigenvalue weighted by atomic mass is 32.1. The standard InChI is InChI=1S/C11H10N2OS/c1-7(14)8-2-3-10(12)9(4-8)11-5-15-6-13-11/h2-6H,12H2,1H3. The normalized spacial score (nSPS) is 10.2. The summed E-state index contributed by atoms with van der Waals surface area (Å²) in [4.78, 5) is 15.4. The number of nitrogens with zero attached hydrogens (tertiary/aromatic N) is 1. The molecule has 0 spiro atoms. The Balaban J connectivity index is 2.55. The molecular formula is C11H10N2OS. The van der Waals surface area contributed by atoms with Crippen LogP contribution < -0.4 is 5.73 Å². The van der Waals surface area contributed by atoms with Crippen LogP contribution in [0.2, 0.25) is 0 Å². The molecule has 0 bridgehead atoms. The van der Waals surface area contributed by atoms with E-state index < -0.39 is 0 Å². The molecule has 0 atom stereocenters. The SMILES string of the molecule is CC(=O)c1ccc(N)c(-c2cscn2)c1. The highest BCUT2D eigenvalue weighted by Crippen LogP contribution is 2.26. The highest BCUT2D eigenvalue weighted by molar-refractivity contribution is 7.07. The molecule has 1 aromatic carbocycles. The molecular weight excluding hydrogens is 208 g/mol. The van der Waals surface area contributed by atoms with Crippen LogP contribution in [0, 0.1) is 0 Å². The Morgan fingerprint density at radius 1 is 1.47 bits per heavy atom. The summed E-state index contributed by atoms with van der Waals surface area (Å²) in [5, 5.41) is 1.91. The number of nitrogens with two attached hydrogens (primary N) is 1. The Hall–Kier alpha value is -1.68. The maximum Gasteiger partial charge on any atom is 0.159 e. The van der Waals surface area contributed by atoms with Crippen LogP contribution in [-0.2, 0) is 0 Å². The minimum Gasteiger partial charge on any atom is -0.398 e. The fourth-order valence-corrected chi connectivity index (χ4v) is 1.89. The summed E-state index contributed by atoms with van der Waals surface area (Å²) in [7, 11) is 0. The molecule has 3 nitrogen and oxygen atoms in total. The van der Waals surface area contributed by atoms with Crippen LogP contribution in [-0.4, -0.2) is 10.8 Å². The average molecular weight is 218 g/mol. The molecule has 0 aliphatic carbocycles. The molecule has 0 amide bonds. The fraction of sp³-hybridized carbons (Fsp3) is 0.0909. The molecule has 0 fully saturated rings. The number of Topliss-reactive ketones (excluding diaryl/α,β-unsaturated/α-hetero) is 1. The molecule has 1 aromatic heterocycles. The second kappa shape index (κ2) is 3.82. The van der Waals surface area contributed by atoms with Crippen molar-refractivity contribution in [2.45, 2.75) is 6.92 Å². The molecule has 0 aliphatic heterocycles. The third-order valence-electron chi connectivity index (χ3n) is 2.17. The van der Waals surface area contributed by atoms with Crippen molar-refractivity contribution in [3.05, 3.63) is 34.7 Å². The number of carbonyl (C=O) groups excluding carboxylic acids is 1. The average Bonchev–Trinajstić information content (AvgIpc) is 2.71. The van der Waals surface area contributed by atoms with E-state index in [0.29, 0.717) is 11.3 Å². The third kappa shape index (κ3) is 1.89. The van der Waals surface area contributed by atoms with Crippen LogP contribution in [0.15, 0.2) is 29.1 Å². The molecule has 4 heteroatoms. The molecule has 0 radical (unpaired) electrons. The lowest BCUT2D eigenvalue weighted by Gasteiger charge is -2.04. The molecule has 15 heavy (non-hydrogen) atoms. The van der Waals surface area contributed by atoms with Crippen molar-refractivity contribution in [2.24, 2.45) is 0 Å². The zero-order valence-corrected chi connectivity index (χ0v) is 9.04. The summed E-state index contributed by atoms with van der Waals surface area (Å²) in [6.45, 7) is 1.54. The van der Waals surface area contributed by atoms with Crippen LogP contribution in [0.1, 0.15) is 17.3 Å². The largest absolute Gasteiger partial charge is 0.398 e. The van der Waals surface area contributed by atoms with Gasteiger partial charge >= 0.3 is 0 Å². The van der Waals surface area contributed by atoms with Gasteiger partial charge in [-0.15, -0.1) is 11.3 Å². The lowest BCUT2D eigenvalue weighted by Crippen LogP contribution is -1.96. The van der Waals surface area contributed by atoms with Crippen LogP contribution in [0.4, 0.5) is 5.69 Å². The van der Waals surface area contributed by atoms with Crippen LogP contribution in [0.3, 0.4) is 0 Å². The van der Waals surface area contributed by atoms with E-state index >= 15 is 0 Å². The van der Waals surface area contributed by atoms with Crippen molar-refractivity contribution in [1.29, 1.82) is 0 Å². The second-order valence-corrected chi connectivity index (χ2v) is 3.95. The number of ketones is 1. The zero-order valence-electron chi connectivity index (χ0n) is 8.23. The van der Waals surface area contributed by atoms with Crippen molar-refractivity contribution >= 4 is 22.8 Å². The first-order chi connectivity index (χ1) is 7.18. The highest BCUT2D eigenvalue weighted by Gasteiger charge is 2.07. The number of benzene rings is 1. The summed E-state index contributed by atoms with van der Waals surface area (Å²) in [5.74, 6) is 0.0338. The van der Waals surface area contributed by atoms with E-state index in [1.807, 2.05) is 5.38 Å². The number of aromatic nitrogens is 1. The number of hydrogen-bond acceptors (Lipinski definition) is 4. The Labute approximate surface area is 91.6 Å². The quantitative estimate of drug-likeness (QED) is 0.622. The van der Waals surface area contributed by atoms with E-state index in [4.69, 9.17) is 5.73 Å². The number of hydrogen-bond donors (Lipinski definition) is 1. The monoisotopic (exact) mass is 218 g/mol. The Morgan fingerprint density at radius 3 is 2.87 bits per heavy atom. The van der Waals surface area contributed by atoms with E-state index in [9.17, 15) is 4.79 Å². The van der Waals surface area contributed by atoms with Gasteiger partial charge in [-0.05, 0) is 25.1 Å². The van der Waals surface area contributed by atoms with Gasteiger partial charge in [0.15, 0.2) is 5.78 Å². The molecule has 76 valence electrons.